The van der Waals surface area contributed by atoms with Crippen LogP contribution in [-0.4, -0.2) is 29.2 Å². The first-order valence-corrected chi connectivity index (χ1v) is 8.89. The summed E-state index contributed by atoms with van der Waals surface area (Å²) in [4.78, 5) is 35.3. The van der Waals surface area contributed by atoms with Gasteiger partial charge in [0.15, 0.2) is 0 Å². The Morgan fingerprint density at radius 2 is 1.58 bits per heavy atom. The van der Waals surface area contributed by atoms with E-state index in [-0.39, 0.29) is 17.2 Å². The van der Waals surface area contributed by atoms with Gasteiger partial charge in [0.25, 0.3) is 5.91 Å². The smallest absolute Gasteiger partial charge is 0.269 e. The van der Waals surface area contributed by atoms with Crippen molar-refractivity contribution < 1.29 is 18.8 Å². The first-order chi connectivity index (χ1) is 12.5. The van der Waals surface area contributed by atoms with E-state index in [1.807, 2.05) is 6.92 Å². The first-order valence-electron chi connectivity index (χ1n) is 7.73. The van der Waals surface area contributed by atoms with Gasteiger partial charge in [0, 0.05) is 5.56 Å². The van der Waals surface area contributed by atoms with Crippen LogP contribution in [0.3, 0.4) is 0 Å². The van der Waals surface area contributed by atoms with Gasteiger partial charge in [-0.25, -0.2) is 4.39 Å². The molecule has 136 valence electrons. The molecule has 3 N–H and O–H groups in total. The maximum Gasteiger partial charge on any atom is 0.269 e. The summed E-state index contributed by atoms with van der Waals surface area (Å²) in [6, 6.07) is 12.7. The minimum atomic E-state index is -0.526. The summed E-state index contributed by atoms with van der Waals surface area (Å²) in [7, 11) is 0. The third kappa shape index (κ3) is 6.21. The second kappa shape index (κ2) is 9.57. The highest BCUT2D eigenvalue weighted by molar-refractivity contribution is 8.00. The normalized spacial score (nSPS) is 10.1. The third-order valence-electron chi connectivity index (χ3n) is 3.24. The van der Waals surface area contributed by atoms with Gasteiger partial charge in [-0.3, -0.25) is 25.2 Å². The maximum absolute atomic E-state index is 13.4. The zero-order chi connectivity index (χ0) is 18.9. The first kappa shape index (κ1) is 19.5. The van der Waals surface area contributed by atoms with Crippen LogP contribution in [0, 0.1) is 12.7 Å². The summed E-state index contributed by atoms with van der Waals surface area (Å²) >= 11 is 1.05. The van der Waals surface area contributed by atoms with Crippen LogP contribution in [0.2, 0.25) is 0 Å². The number of benzene rings is 2. The third-order valence-corrected chi connectivity index (χ3v) is 4.18. The summed E-state index contributed by atoms with van der Waals surface area (Å²) in [6.07, 6.45) is 0. The number of hydrogen-bond acceptors (Lipinski definition) is 4. The Labute approximate surface area is 154 Å². The monoisotopic (exact) mass is 375 g/mol. The number of hydrazine groups is 1. The second-order valence-corrected chi connectivity index (χ2v) is 6.37. The van der Waals surface area contributed by atoms with E-state index in [9.17, 15) is 18.8 Å². The summed E-state index contributed by atoms with van der Waals surface area (Å²) in [5, 5.41) is 2.42. The van der Waals surface area contributed by atoms with Crippen LogP contribution in [0.15, 0.2) is 48.5 Å². The topological polar surface area (TPSA) is 87.3 Å². The Balaban J connectivity index is 1.67. The van der Waals surface area contributed by atoms with E-state index in [0.717, 1.165) is 17.3 Å². The summed E-state index contributed by atoms with van der Waals surface area (Å²) in [5.41, 5.74) is 6.12. The Bertz CT molecular complexity index is 797. The number of hydrogen-bond donors (Lipinski definition) is 3. The van der Waals surface area contributed by atoms with E-state index in [1.54, 1.807) is 30.3 Å². The predicted molar refractivity (Wildman–Crippen MR) is 99.1 cm³/mol. The molecule has 0 aliphatic carbocycles. The number of amides is 3. The molecule has 0 heterocycles. The molecule has 0 saturated heterocycles. The Morgan fingerprint density at radius 3 is 2.27 bits per heavy atom. The van der Waals surface area contributed by atoms with Crippen molar-refractivity contribution in [2.45, 2.75) is 6.92 Å². The lowest BCUT2D eigenvalue weighted by Gasteiger charge is -2.08. The zero-order valence-electron chi connectivity index (χ0n) is 14.0. The van der Waals surface area contributed by atoms with Gasteiger partial charge in [-0.15, -0.1) is 11.8 Å². The van der Waals surface area contributed by atoms with Gasteiger partial charge >= 0.3 is 0 Å². The summed E-state index contributed by atoms with van der Waals surface area (Å²) < 4.78 is 13.4. The minimum absolute atomic E-state index is 0.0202. The lowest BCUT2D eigenvalue weighted by Crippen LogP contribution is -2.42. The van der Waals surface area contributed by atoms with Gasteiger partial charge in [-0.2, -0.15) is 0 Å². The molecule has 0 saturated carbocycles. The van der Waals surface area contributed by atoms with E-state index < -0.39 is 23.5 Å². The fourth-order valence-electron chi connectivity index (χ4n) is 1.92. The van der Waals surface area contributed by atoms with Crippen molar-refractivity contribution in [1.29, 1.82) is 0 Å². The standard InChI is InChI=1S/C18H18FN3O3S/c1-12-6-8-13(9-7-12)18(25)22-21-17(24)11-26-10-16(23)20-15-5-3-2-4-14(15)19/h2-9H,10-11H2,1H3,(H,20,23)(H,21,24)(H,22,25). The van der Waals surface area contributed by atoms with Crippen molar-refractivity contribution in [3.8, 4) is 0 Å². The van der Waals surface area contributed by atoms with Crippen molar-refractivity contribution in [2.24, 2.45) is 0 Å². The lowest BCUT2D eigenvalue weighted by molar-refractivity contribution is -0.119. The van der Waals surface area contributed by atoms with Crippen LogP contribution in [0.1, 0.15) is 15.9 Å². The molecule has 3 amide bonds. The van der Waals surface area contributed by atoms with Crippen LogP contribution in [0.5, 0.6) is 0 Å². The fraction of sp³-hybridized carbons (Fsp3) is 0.167. The van der Waals surface area contributed by atoms with E-state index in [4.69, 9.17) is 0 Å². The maximum atomic E-state index is 13.4. The average molecular weight is 375 g/mol. The molecule has 0 aromatic heterocycles. The Kier molecular flexibility index (Phi) is 7.16. The number of thioether (sulfide) groups is 1. The van der Waals surface area contributed by atoms with Crippen molar-refractivity contribution in [1.82, 2.24) is 10.9 Å². The molecule has 2 aromatic carbocycles. The van der Waals surface area contributed by atoms with Crippen molar-refractivity contribution in [2.75, 3.05) is 16.8 Å². The number of anilines is 1. The highest BCUT2D eigenvalue weighted by atomic mass is 32.2. The number of nitrogens with one attached hydrogen (secondary N) is 3. The molecule has 2 rings (SSSR count). The fourth-order valence-corrected chi connectivity index (χ4v) is 2.54. The number of rotatable bonds is 6. The molecule has 0 atom stereocenters. The molecule has 0 radical (unpaired) electrons. The van der Waals surface area contributed by atoms with Crippen LogP contribution in [0.25, 0.3) is 0 Å². The number of halogens is 1. The number of para-hydroxylation sites is 1. The van der Waals surface area contributed by atoms with Gasteiger partial charge in [-0.05, 0) is 31.2 Å². The molecule has 2 aromatic rings. The molecular weight excluding hydrogens is 357 g/mol. The van der Waals surface area contributed by atoms with Gasteiger partial charge in [0.1, 0.15) is 5.82 Å². The Morgan fingerprint density at radius 1 is 0.923 bits per heavy atom. The predicted octanol–water partition coefficient (Wildman–Crippen LogP) is 2.27. The van der Waals surface area contributed by atoms with E-state index in [2.05, 4.69) is 16.2 Å². The van der Waals surface area contributed by atoms with Crippen LogP contribution < -0.4 is 16.2 Å². The van der Waals surface area contributed by atoms with Crippen LogP contribution >= 0.6 is 11.8 Å². The number of carbonyl (C=O) groups is 3. The van der Waals surface area contributed by atoms with Gasteiger partial charge < -0.3 is 5.32 Å². The summed E-state index contributed by atoms with van der Waals surface area (Å²) in [5.74, 6) is -1.87. The molecule has 0 spiro atoms. The lowest BCUT2D eigenvalue weighted by atomic mass is 10.1. The highest BCUT2D eigenvalue weighted by Gasteiger charge is 2.10. The van der Waals surface area contributed by atoms with Gasteiger partial charge in [0.05, 0.1) is 17.2 Å². The SMILES string of the molecule is Cc1ccc(C(=O)NNC(=O)CSCC(=O)Nc2ccccc2F)cc1. The van der Waals surface area contributed by atoms with E-state index in [0.29, 0.717) is 5.56 Å². The van der Waals surface area contributed by atoms with Crippen LogP contribution in [-0.2, 0) is 9.59 Å². The molecule has 26 heavy (non-hydrogen) atoms. The zero-order valence-corrected chi connectivity index (χ0v) is 14.9. The second-order valence-electron chi connectivity index (χ2n) is 5.39. The number of aryl methyl sites for hydroxylation is 1. The van der Waals surface area contributed by atoms with Crippen molar-refractivity contribution >= 4 is 35.2 Å². The van der Waals surface area contributed by atoms with E-state index in [1.165, 1.54) is 18.2 Å². The van der Waals surface area contributed by atoms with Gasteiger partial charge in [0.2, 0.25) is 11.8 Å². The molecule has 0 fully saturated rings. The minimum Gasteiger partial charge on any atom is -0.323 e. The molecule has 0 aliphatic rings. The molecule has 6 nitrogen and oxygen atoms in total. The number of carbonyl (C=O) groups excluding carboxylic acids is 3. The highest BCUT2D eigenvalue weighted by Crippen LogP contribution is 2.13. The average Bonchev–Trinajstić information content (AvgIpc) is 2.62. The van der Waals surface area contributed by atoms with Crippen LogP contribution in [0.4, 0.5) is 10.1 Å². The molecule has 0 aliphatic heterocycles. The molecule has 0 unspecified atom stereocenters. The molecule has 8 heteroatoms. The van der Waals surface area contributed by atoms with Crippen molar-refractivity contribution in [3.63, 3.8) is 0 Å². The summed E-state index contributed by atoms with van der Waals surface area (Å²) in [6.45, 7) is 1.91. The van der Waals surface area contributed by atoms with Crippen molar-refractivity contribution in [3.05, 3.63) is 65.5 Å². The molecule has 0 bridgehead atoms. The van der Waals surface area contributed by atoms with Gasteiger partial charge in [-0.1, -0.05) is 29.8 Å². The quantitative estimate of drug-likeness (QED) is 0.676. The Hall–Kier alpha value is -2.87. The largest absolute Gasteiger partial charge is 0.323 e. The van der Waals surface area contributed by atoms with E-state index >= 15 is 0 Å². The molecular formula is C18H18FN3O3S.